The Kier molecular flexibility index (Phi) is 5.82. The zero-order valence-electron chi connectivity index (χ0n) is 7.54. The fourth-order valence-corrected chi connectivity index (χ4v) is 0.739. The molecule has 0 aromatic carbocycles. The second kappa shape index (κ2) is 6.38. The Hall–Kier alpha value is -1.14. The van der Waals surface area contributed by atoms with Crippen molar-refractivity contribution in [3.63, 3.8) is 0 Å². The summed E-state index contributed by atoms with van der Waals surface area (Å²) < 4.78 is 0. The molecule has 0 saturated carbocycles. The number of aliphatic hydroxyl groups excluding tert-OH is 1. The molecule has 13 heavy (non-hydrogen) atoms. The minimum atomic E-state index is -0.621. The lowest BCUT2D eigenvalue weighted by Gasteiger charge is -2.09. The van der Waals surface area contributed by atoms with E-state index in [0.29, 0.717) is 6.42 Å². The number of aliphatic hydroxyl groups is 1. The quantitative estimate of drug-likeness (QED) is 0.385. The summed E-state index contributed by atoms with van der Waals surface area (Å²) in [6, 6.07) is -0.621. The van der Waals surface area contributed by atoms with Crippen LogP contribution in [0.2, 0.25) is 0 Å². The van der Waals surface area contributed by atoms with Gasteiger partial charge in [-0.1, -0.05) is 0 Å². The first kappa shape index (κ1) is 11.9. The molecule has 0 rings (SSSR count). The highest BCUT2D eigenvalue weighted by atomic mass is 16.3. The third-order valence-corrected chi connectivity index (χ3v) is 1.50. The molecular formula is C7H15N3O3. The Bertz CT molecular complexity index is 184. The number of carbonyl (C=O) groups is 2. The SMILES string of the molecule is CNC(=O)[C@@H](N)CCNC(=O)CO. The largest absolute Gasteiger partial charge is 0.387 e. The molecule has 0 radical (unpaired) electrons. The van der Waals surface area contributed by atoms with Gasteiger partial charge in [0.25, 0.3) is 0 Å². The number of likely N-dealkylation sites (N-methyl/N-ethyl adjacent to an activating group) is 1. The van der Waals surface area contributed by atoms with Gasteiger partial charge in [-0.15, -0.1) is 0 Å². The molecule has 2 amide bonds. The fraction of sp³-hybridized carbons (Fsp3) is 0.714. The summed E-state index contributed by atoms with van der Waals surface area (Å²) in [7, 11) is 1.49. The van der Waals surface area contributed by atoms with Gasteiger partial charge >= 0.3 is 0 Å². The van der Waals surface area contributed by atoms with Gasteiger partial charge in [0.15, 0.2) is 0 Å². The third kappa shape index (κ3) is 5.15. The number of amides is 2. The molecular weight excluding hydrogens is 174 g/mol. The van der Waals surface area contributed by atoms with Gasteiger partial charge in [0, 0.05) is 13.6 Å². The van der Waals surface area contributed by atoms with Gasteiger partial charge in [0.2, 0.25) is 11.8 Å². The number of nitrogens with two attached hydrogens (primary N) is 1. The minimum Gasteiger partial charge on any atom is -0.387 e. The summed E-state index contributed by atoms with van der Waals surface area (Å²) in [6.45, 7) is -0.261. The molecule has 1 atom stereocenters. The van der Waals surface area contributed by atoms with Gasteiger partial charge in [-0.3, -0.25) is 9.59 Å². The van der Waals surface area contributed by atoms with Crippen molar-refractivity contribution in [2.24, 2.45) is 5.73 Å². The van der Waals surface area contributed by atoms with Crippen LogP contribution in [0.25, 0.3) is 0 Å². The zero-order valence-corrected chi connectivity index (χ0v) is 7.54. The number of hydrogen-bond acceptors (Lipinski definition) is 4. The van der Waals surface area contributed by atoms with Crippen LogP contribution in [0, 0.1) is 0 Å². The first-order valence-corrected chi connectivity index (χ1v) is 3.96. The Labute approximate surface area is 76.5 Å². The van der Waals surface area contributed by atoms with Crippen molar-refractivity contribution in [1.29, 1.82) is 0 Å². The number of hydrogen-bond donors (Lipinski definition) is 4. The summed E-state index contributed by atoms with van der Waals surface area (Å²) >= 11 is 0. The highest BCUT2D eigenvalue weighted by Crippen LogP contribution is 1.85. The van der Waals surface area contributed by atoms with E-state index >= 15 is 0 Å². The number of rotatable bonds is 5. The smallest absolute Gasteiger partial charge is 0.245 e. The maximum absolute atomic E-state index is 10.9. The van der Waals surface area contributed by atoms with E-state index in [4.69, 9.17) is 10.8 Å². The Morgan fingerprint density at radius 2 is 2.15 bits per heavy atom. The van der Waals surface area contributed by atoms with E-state index in [1.54, 1.807) is 0 Å². The van der Waals surface area contributed by atoms with Crippen LogP contribution in [0.15, 0.2) is 0 Å². The number of carbonyl (C=O) groups excluding carboxylic acids is 2. The van der Waals surface area contributed by atoms with Crippen LogP contribution in [0.3, 0.4) is 0 Å². The summed E-state index contributed by atoms with van der Waals surface area (Å²) in [4.78, 5) is 21.4. The molecule has 0 bridgehead atoms. The Balaban J connectivity index is 3.53. The van der Waals surface area contributed by atoms with E-state index in [1.807, 2.05) is 0 Å². The van der Waals surface area contributed by atoms with Crippen LogP contribution >= 0.6 is 0 Å². The molecule has 0 saturated heterocycles. The van der Waals surface area contributed by atoms with Crippen LogP contribution in [0.4, 0.5) is 0 Å². The van der Waals surface area contributed by atoms with Gasteiger partial charge < -0.3 is 21.5 Å². The van der Waals surface area contributed by atoms with Gasteiger partial charge in [-0.05, 0) is 6.42 Å². The molecule has 0 spiro atoms. The van der Waals surface area contributed by atoms with Crippen molar-refractivity contribution in [1.82, 2.24) is 10.6 Å². The Morgan fingerprint density at radius 3 is 2.62 bits per heavy atom. The van der Waals surface area contributed by atoms with Crippen molar-refractivity contribution < 1.29 is 14.7 Å². The maximum Gasteiger partial charge on any atom is 0.245 e. The van der Waals surface area contributed by atoms with E-state index in [-0.39, 0.29) is 12.5 Å². The Morgan fingerprint density at radius 1 is 1.54 bits per heavy atom. The third-order valence-electron chi connectivity index (χ3n) is 1.50. The normalized spacial score (nSPS) is 11.9. The average Bonchev–Trinajstić information content (AvgIpc) is 2.15. The van der Waals surface area contributed by atoms with Crippen LogP contribution in [-0.4, -0.2) is 43.2 Å². The topological polar surface area (TPSA) is 104 Å². The molecule has 5 N–H and O–H groups in total. The highest BCUT2D eigenvalue weighted by Gasteiger charge is 2.10. The second-order valence-electron chi connectivity index (χ2n) is 2.52. The van der Waals surface area contributed by atoms with Crippen LogP contribution in [-0.2, 0) is 9.59 Å². The van der Waals surface area contributed by atoms with Crippen molar-refractivity contribution in [2.75, 3.05) is 20.2 Å². The molecule has 6 nitrogen and oxygen atoms in total. The monoisotopic (exact) mass is 189 g/mol. The zero-order chi connectivity index (χ0) is 10.3. The molecule has 0 aromatic heterocycles. The average molecular weight is 189 g/mol. The molecule has 6 heteroatoms. The lowest BCUT2D eigenvalue weighted by atomic mass is 10.2. The predicted octanol–water partition coefficient (Wildman–Crippen LogP) is -2.44. The van der Waals surface area contributed by atoms with Crippen molar-refractivity contribution in [3.05, 3.63) is 0 Å². The van der Waals surface area contributed by atoms with E-state index in [2.05, 4.69) is 10.6 Å². The first-order chi connectivity index (χ1) is 6.11. The molecule has 0 fully saturated rings. The molecule has 0 aliphatic carbocycles. The maximum atomic E-state index is 10.9. The van der Waals surface area contributed by atoms with Crippen molar-refractivity contribution in [3.8, 4) is 0 Å². The standard InChI is InChI=1S/C7H15N3O3/c1-9-7(13)5(8)2-3-10-6(12)4-11/h5,11H,2-4,8H2,1H3,(H,9,13)(H,10,12)/t5-/m0/s1. The lowest BCUT2D eigenvalue weighted by Crippen LogP contribution is -2.41. The molecule has 76 valence electrons. The molecule has 0 aliphatic heterocycles. The second-order valence-corrected chi connectivity index (χ2v) is 2.52. The lowest BCUT2D eigenvalue weighted by molar-refractivity contribution is -0.124. The number of nitrogens with one attached hydrogen (secondary N) is 2. The van der Waals surface area contributed by atoms with Gasteiger partial charge in [-0.2, -0.15) is 0 Å². The van der Waals surface area contributed by atoms with Crippen LogP contribution in [0.5, 0.6) is 0 Å². The van der Waals surface area contributed by atoms with Gasteiger partial charge in [0.05, 0.1) is 6.04 Å². The van der Waals surface area contributed by atoms with Crippen LogP contribution < -0.4 is 16.4 Å². The molecule has 0 aromatic rings. The summed E-state index contributed by atoms with van der Waals surface area (Å²) in [5, 5.41) is 13.1. The molecule has 0 unspecified atom stereocenters. The van der Waals surface area contributed by atoms with E-state index in [1.165, 1.54) is 7.05 Å². The summed E-state index contributed by atoms with van der Waals surface area (Å²) in [5.41, 5.74) is 5.43. The molecule has 0 heterocycles. The summed E-state index contributed by atoms with van der Waals surface area (Å²) in [6.07, 6.45) is 0.353. The van der Waals surface area contributed by atoms with Crippen LogP contribution in [0.1, 0.15) is 6.42 Å². The van der Waals surface area contributed by atoms with E-state index in [9.17, 15) is 9.59 Å². The van der Waals surface area contributed by atoms with E-state index < -0.39 is 18.6 Å². The van der Waals surface area contributed by atoms with Crippen molar-refractivity contribution >= 4 is 11.8 Å². The van der Waals surface area contributed by atoms with E-state index in [0.717, 1.165) is 0 Å². The minimum absolute atomic E-state index is 0.266. The first-order valence-electron chi connectivity index (χ1n) is 3.96. The highest BCUT2D eigenvalue weighted by molar-refractivity contribution is 5.81. The predicted molar refractivity (Wildman–Crippen MR) is 46.8 cm³/mol. The van der Waals surface area contributed by atoms with Gasteiger partial charge in [-0.25, -0.2) is 0 Å². The fourth-order valence-electron chi connectivity index (χ4n) is 0.739. The van der Waals surface area contributed by atoms with Gasteiger partial charge in [0.1, 0.15) is 6.61 Å². The van der Waals surface area contributed by atoms with Crippen molar-refractivity contribution in [2.45, 2.75) is 12.5 Å². The summed E-state index contributed by atoms with van der Waals surface area (Å²) in [5.74, 6) is -0.734. The molecule has 0 aliphatic rings.